The number of ether oxygens (including phenoxy) is 1. The summed E-state index contributed by atoms with van der Waals surface area (Å²) in [6, 6.07) is 6.44. The molecule has 0 aliphatic carbocycles. The van der Waals surface area contributed by atoms with Crippen LogP contribution in [0.2, 0.25) is 0 Å². The number of fused-ring (bicyclic) bond motifs is 1. The second-order valence-corrected chi connectivity index (χ2v) is 4.09. The number of allylic oxidation sites excluding steroid dienone is 1. The van der Waals surface area contributed by atoms with Crippen molar-refractivity contribution in [1.29, 1.82) is 0 Å². The topological polar surface area (TPSA) is 59.7 Å². The van der Waals surface area contributed by atoms with E-state index in [4.69, 9.17) is 9.15 Å². The maximum Gasteiger partial charge on any atom is 0.232 e. The van der Waals surface area contributed by atoms with Crippen molar-refractivity contribution in [3.05, 3.63) is 53.2 Å². The molecule has 1 aromatic carbocycles. The number of furan rings is 1. The van der Waals surface area contributed by atoms with Gasteiger partial charge < -0.3 is 14.3 Å². The molecule has 4 heteroatoms. The highest BCUT2D eigenvalue weighted by Gasteiger charge is 2.29. The van der Waals surface area contributed by atoms with Gasteiger partial charge in [0.2, 0.25) is 5.78 Å². The largest absolute Gasteiger partial charge is 0.508 e. The Morgan fingerprint density at radius 1 is 1.33 bits per heavy atom. The number of hydrogen-bond donors (Lipinski definition) is 1. The van der Waals surface area contributed by atoms with E-state index in [0.29, 0.717) is 22.6 Å². The molecule has 1 N–H and O–H groups in total. The molecule has 1 aromatic heterocycles. The van der Waals surface area contributed by atoms with E-state index in [2.05, 4.69) is 0 Å². The fourth-order valence-corrected chi connectivity index (χ4v) is 1.99. The van der Waals surface area contributed by atoms with Crippen molar-refractivity contribution in [3.63, 3.8) is 0 Å². The summed E-state index contributed by atoms with van der Waals surface area (Å²) in [5, 5.41) is 9.48. The molecule has 90 valence electrons. The van der Waals surface area contributed by atoms with Gasteiger partial charge in [-0.1, -0.05) is 0 Å². The Labute approximate surface area is 103 Å². The highest BCUT2D eigenvalue weighted by atomic mass is 16.5. The maximum atomic E-state index is 12.1. The number of benzene rings is 1. The molecule has 0 amide bonds. The van der Waals surface area contributed by atoms with E-state index in [1.54, 1.807) is 25.1 Å². The Kier molecular flexibility index (Phi) is 2.23. The number of hydrogen-bond acceptors (Lipinski definition) is 4. The van der Waals surface area contributed by atoms with Crippen LogP contribution in [0, 0.1) is 6.92 Å². The molecule has 4 nitrogen and oxygen atoms in total. The van der Waals surface area contributed by atoms with E-state index in [-0.39, 0.29) is 17.3 Å². The van der Waals surface area contributed by atoms with Crippen molar-refractivity contribution in [3.8, 4) is 11.5 Å². The third kappa shape index (κ3) is 1.59. The zero-order chi connectivity index (χ0) is 12.7. The fourth-order valence-electron chi connectivity index (χ4n) is 1.99. The van der Waals surface area contributed by atoms with Crippen LogP contribution >= 0.6 is 0 Å². The van der Waals surface area contributed by atoms with Gasteiger partial charge in [-0.05, 0) is 30.7 Å². The van der Waals surface area contributed by atoms with Crippen molar-refractivity contribution < 1.29 is 19.1 Å². The van der Waals surface area contributed by atoms with Crippen LogP contribution < -0.4 is 4.74 Å². The molecular weight excluding hydrogens is 232 g/mol. The van der Waals surface area contributed by atoms with Crippen LogP contribution in [0.4, 0.5) is 0 Å². The summed E-state index contributed by atoms with van der Waals surface area (Å²) in [5.41, 5.74) is 1.18. The number of ketones is 1. The van der Waals surface area contributed by atoms with E-state index < -0.39 is 0 Å². The molecule has 2 aromatic rings. The number of phenols is 1. The number of Topliss-reactive ketones (excluding diaryl/α,β-unsaturated/α-hetero) is 1. The predicted octanol–water partition coefficient (Wildman–Crippen LogP) is 2.91. The minimum absolute atomic E-state index is 0.0818. The van der Waals surface area contributed by atoms with Crippen LogP contribution in [-0.4, -0.2) is 10.9 Å². The van der Waals surface area contributed by atoms with Crippen LogP contribution in [-0.2, 0) is 0 Å². The van der Waals surface area contributed by atoms with Crippen molar-refractivity contribution >= 4 is 11.9 Å². The Bertz CT molecular complexity index is 651. The van der Waals surface area contributed by atoms with Gasteiger partial charge in [0, 0.05) is 12.1 Å². The smallest absolute Gasteiger partial charge is 0.232 e. The summed E-state index contributed by atoms with van der Waals surface area (Å²) in [4.78, 5) is 12.1. The van der Waals surface area contributed by atoms with Gasteiger partial charge in [0.1, 0.15) is 17.3 Å². The Morgan fingerprint density at radius 3 is 2.89 bits per heavy atom. The molecule has 0 bridgehead atoms. The molecule has 1 aliphatic rings. The molecule has 0 unspecified atom stereocenters. The zero-order valence-electron chi connectivity index (χ0n) is 9.64. The number of aromatic hydroxyl groups is 1. The third-order valence-corrected chi connectivity index (χ3v) is 2.77. The SMILES string of the molecule is Cc1cc(O)cc2c1C(=O)C(=Cc1ccco1)O2. The first-order valence-corrected chi connectivity index (χ1v) is 5.46. The second kappa shape index (κ2) is 3.77. The van der Waals surface area contributed by atoms with Gasteiger partial charge in [0.25, 0.3) is 0 Å². The average molecular weight is 242 g/mol. The first-order chi connectivity index (χ1) is 8.65. The molecule has 3 rings (SSSR count). The van der Waals surface area contributed by atoms with E-state index in [0.717, 1.165) is 0 Å². The summed E-state index contributed by atoms with van der Waals surface area (Å²) in [7, 11) is 0. The van der Waals surface area contributed by atoms with E-state index in [1.165, 1.54) is 18.4 Å². The molecule has 0 saturated carbocycles. The van der Waals surface area contributed by atoms with Gasteiger partial charge in [-0.3, -0.25) is 4.79 Å². The number of phenolic OH excluding ortho intramolecular Hbond substituents is 1. The quantitative estimate of drug-likeness (QED) is 0.781. The molecule has 18 heavy (non-hydrogen) atoms. The standard InChI is InChI=1S/C14H10O4/c1-8-5-9(15)6-11-13(8)14(16)12(18-11)7-10-3-2-4-17-10/h2-7,15H,1H3. The summed E-state index contributed by atoms with van der Waals surface area (Å²) < 4.78 is 10.6. The Morgan fingerprint density at radius 2 is 2.17 bits per heavy atom. The van der Waals surface area contributed by atoms with Crippen LogP contribution in [0.5, 0.6) is 11.5 Å². The molecule has 0 radical (unpaired) electrons. The summed E-state index contributed by atoms with van der Waals surface area (Å²) in [6.45, 7) is 1.76. The van der Waals surface area contributed by atoms with Crippen LogP contribution in [0.3, 0.4) is 0 Å². The maximum absolute atomic E-state index is 12.1. The Hall–Kier alpha value is -2.49. The molecule has 0 saturated heterocycles. The summed E-state index contributed by atoms with van der Waals surface area (Å²) in [6.07, 6.45) is 3.06. The van der Waals surface area contributed by atoms with E-state index in [1.807, 2.05) is 0 Å². The third-order valence-electron chi connectivity index (χ3n) is 2.77. The van der Waals surface area contributed by atoms with Crippen molar-refractivity contribution in [2.24, 2.45) is 0 Å². The minimum Gasteiger partial charge on any atom is -0.508 e. The van der Waals surface area contributed by atoms with Crippen molar-refractivity contribution in [1.82, 2.24) is 0 Å². The first kappa shape index (κ1) is 10.7. The predicted molar refractivity (Wildman–Crippen MR) is 64.5 cm³/mol. The van der Waals surface area contributed by atoms with Crippen molar-refractivity contribution in [2.45, 2.75) is 6.92 Å². The molecule has 0 spiro atoms. The Balaban J connectivity index is 2.07. The normalized spacial score (nSPS) is 15.8. The number of carbonyl (C=O) groups is 1. The van der Waals surface area contributed by atoms with E-state index >= 15 is 0 Å². The molecule has 0 atom stereocenters. The van der Waals surface area contributed by atoms with Gasteiger partial charge in [0.15, 0.2) is 5.76 Å². The first-order valence-electron chi connectivity index (χ1n) is 5.46. The lowest BCUT2D eigenvalue weighted by molar-refractivity contribution is 0.101. The molecule has 2 heterocycles. The number of aryl methyl sites for hydroxylation is 1. The van der Waals surface area contributed by atoms with Gasteiger partial charge in [-0.2, -0.15) is 0 Å². The van der Waals surface area contributed by atoms with Crippen molar-refractivity contribution in [2.75, 3.05) is 0 Å². The zero-order valence-corrected chi connectivity index (χ0v) is 9.64. The monoisotopic (exact) mass is 242 g/mol. The van der Waals surface area contributed by atoms with Crippen LogP contribution in [0.25, 0.3) is 6.08 Å². The highest BCUT2D eigenvalue weighted by Crippen LogP contribution is 2.36. The molecule has 1 aliphatic heterocycles. The van der Waals surface area contributed by atoms with Gasteiger partial charge in [-0.25, -0.2) is 0 Å². The minimum atomic E-state index is -0.195. The fraction of sp³-hybridized carbons (Fsp3) is 0.0714. The second-order valence-electron chi connectivity index (χ2n) is 4.09. The molecule has 0 fully saturated rings. The van der Waals surface area contributed by atoms with Gasteiger partial charge in [0.05, 0.1) is 11.8 Å². The lowest BCUT2D eigenvalue weighted by Crippen LogP contribution is -1.99. The highest BCUT2D eigenvalue weighted by molar-refractivity contribution is 6.15. The number of rotatable bonds is 1. The van der Waals surface area contributed by atoms with Gasteiger partial charge in [-0.15, -0.1) is 0 Å². The summed E-state index contributed by atoms with van der Waals surface area (Å²) in [5.74, 6) is 1.02. The lowest BCUT2D eigenvalue weighted by atomic mass is 10.0. The lowest BCUT2D eigenvalue weighted by Gasteiger charge is -2.00. The summed E-state index contributed by atoms with van der Waals surface area (Å²) >= 11 is 0. The molecular formula is C14H10O4. The van der Waals surface area contributed by atoms with Crippen LogP contribution in [0.1, 0.15) is 21.7 Å². The number of carbonyl (C=O) groups excluding carboxylic acids is 1. The van der Waals surface area contributed by atoms with E-state index in [9.17, 15) is 9.90 Å². The van der Waals surface area contributed by atoms with Gasteiger partial charge >= 0.3 is 0 Å². The van der Waals surface area contributed by atoms with Crippen LogP contribution in [0.15, 0.2) is 40.7 Å². The average Bonchev–Trinajstić information content (AvgIpc) is 2.88.